The summed E-state index contributed by atoms with van der Waals surface area (Å²) >= 11 is 7.64. The van der Waals surface area contributed by atoms with Gasteiger partial charge in [0, 0.05) is 34.0 Å². The molecule has 1 spiro atoms. The molecule has 3 aromatic carbocycles. The van der Waals surface area contributed by atoms with E-state index in [0.29, 0.717) is 34.1 Å². The lowest BCUT2D eigenvalue weighted by Crippen LogP contribution is -2.50. The topological polar surface area (TPSA) is 40.6 Å². The molecule has 1 saturated heterocycles. The normalized spacial score (nSPS) is 19.7. The fraction of sp³-hybridized carbons (Fsp3) is 0.167. The van der Waals surface area contributed by atoms with Crippen LogP contribution in [-0.2, 0) is 16.2 Å². The molecule has 2 aliphatic heterocycles. The molecule has 1 atom stereocenters. The molecule has 2 heterocycles. The van der Waals surface area contributed by atoms with Crippen LogP contribution in [0.2, 0.25) is 5.02 Å². The average molecular weight is 471 g/mol. The van der Waals surface area contributed by atoms with Crippen molar-refractivity contribution in [1.29, 1.82) is 0 Å². The monoisotopic (exact) mass is 470 g/mol. The lowest BCUT2D eigenvalue weighted by atomic mass is 10.0. The Balaban J connectivity index is 1.60. The minimum absolute atomic E-state index is 0.0288. The molecule has 8 heteroatoms. The standard InChI is InChI=1S/C24H17ClF2N2O2S/c25-17-7-10-21-19(13-17)24(23(31)28(21)14-16-3-1-2-4-20(16)27)29(11-12-32-24)22(30)15-5-8-18(26)9-6-15/h1-10,13H,11-12,14H2. The lowest BCUT2D eigenvalue weighted by Gasteiger charge is -2.33. The third-order valence-corrected chi connectivity index (χ3v) is 7.43. The second-order valence-corrected chi connectivity index (χ2v) is 9.32. The number of amides is 2. The number of rotatable bonds is 3. The fourth-order valence-electron chi connectivity index (χ4n) is 4.29. The second kappa shape index (κ2) is 7.90. The van der Waals surface area contributed by atoms with Crippen LogP contribution >= 0.6 is 23.4 Å². The smallest absolute Gasteiger partial charge is 0.268 e. The number of nitrogens with zero attached hydrogens (tertiary/aromatic N) is 2. The summed E-state index contributed by atoms with van der Waals surface area (Å²) in [6.07, 6.45) is 0. The maximum absolute atomic E-state index is 14.4. The predicted molar refractivity (Wildman–Crippen MR) is 121 cm³/mol. The summed E-state index contributed by atoms with van der Waals surface area (Å²) in [6.45, 7) is 0.368. The Labute approximate surface area is 192 Å². The zero-order valence-electron chi connectivity index (χ0n) is 16.7. The Morgan fingerprint density at radius 2 is 1.81 bits per heavy atom. The molecule has 0 aromatic heterocycles. The van der Waals surface area contributed by atoms with Gasteiger partial charge in [-0.2, -0.15) is 0 Å². The van der Waals surface area contributed by atoms with Gasteiger partial charge in [0.05, 0.1) is 12.2 Å². The zero-order chi connectivity index (χ0) is 22.5. The largest absolute Gasteiger partial charge is 0.311 e. The molecule has 2 aliphatic rings. The molecular formula is C24H17ClF2N2O2S. The number of anilines is 1. The molecule has 0 aliphatic carbocycles. The summed E-state index contributed by atoms with van der Waals surface area (Å²) in [4.78, 5) is 29.0. The van der Waals surface area contributed by atoms with E-state index in [1.54, 1.807) is 36.4 Å². The first-order chi connectivity index (χ1) is 15.4. The minimum Gasteiger partial charge on any atom is -0.311 e. The van der Waals surface area contributed by atoms with E-state index in [1.807, 2.05) is 0 Å². The highest BCUT2D eigenvalue weighted by Crippen LogP contribution is 2.55. The average Bonchev–Trinajstić information content (AvgIpc) is 3.32. The van der Waals surface area contributed by atoms with Crippen LogP contribution in [0.4, 0.5) is 14.5 Å². The summed E-state index contributed by atoms with van der Waals surface area (Å²) in [6, 6.07) is 16.6. The molecule has 2 amide bonds. The van der Waals surface area contributed by atoms with Crippen molar-refractivity contribution in [3.63, 3.8) is 0 Å². The van der Waals surface area contributed by atoms with Crippen molar-refractivity contribution in [2.24, 2.45) is 0 Å². The minimum atomic E-state index is -1.31. The van der Waals surface area contributed by atoms with Crippen LogP contribution in [0.25, 0.3) is 0 Å². The number of hydrogen-bond donors (Lipinski definition) is 0. The first-order valence-corrected chi connectivity index (χ1v) is 11.3. The molecule has 1 fully saturated rings. The summed E-state index contributed by atoms with van der Waals surface area (Å²) in [5, 5.41) is 0.436. The molecule has 4 nitrogen and oxygen atoms in total. The van der Waals surface area contributed by atoms with Gasteiger partial charge in [-0.15, -0.1) is 11.8 Å². The van der Waals surface area contributed by atoms with Gasteiger partial charge in [0.25, 0.3) is 11.8 Å². The van der Waals surface area contributed by atoms with Crippen LogP contribution in [0.1, 0.15) is 21.5 Å². The number of carbonyl (C=O) groups excluding carboxylic acids is 2. The quantitative estimate of drug-likeness (QED) is 0.528. The molecule has 5 rings (SSSR count). The first kappa shape index (κ1) is 21.0. The van der Waals surface area contributed by atoms with E-state index in [1.165, 1.54) is 51.9 Å². The summed E-state index contributed by atoms with van der Waals surface area (Å²) in [7, 11) is 0. The molecule has 0 N–H and O–H groups in total. The van der Waals surface area contributed by atoms with Crippen LogP contribution in [0, 0.1) is 11.6 Å². The maximum atomic E-state index is 14.4. The van der Waals surface area contributed by atoms with Crippen LogP contribution in [0.3, 0.4) is 0 Å². The van der Waals surface area contributed by atoms with Crippen LogP contribution in [-0.4, -0.2) is 29.0 Å². The summed E-state index contributed by atoms with van der Waals surface area (Å²) < 4.78 is 27.8. The highest BCUT2D eigenvalue weighted by atomic mass is 35.5. The van der Waals surface area contributed by atoms with E-state index in [-0.39, 0.29) is 23.9 Å². The van der Waals surface area contributed by atoms with Gasteiger partial charge in [-0.25, -0.2) is 8.78 Å². The van der Waals surface area contributed by atoms with E-state index < -0.39 is 16.5 Å². The van der Waals surface area contributed by atoms with E-state index in [4.69, 9.17) is 11.6 Å². The predicted octanol–water partition coefficient (Wildman–Crippen LogP) is 5.21. The van der Waals surface area contributed by atoms with Gasteiger partial charge in [0.1, 0.15) is 11.6 Å². The van der Waals surface area contributed by atoms with Gasteiger partial charge >= 0.3 is 0 Å². The Bertz CT molecular complexity index is 1240. The maximum Gasteiger partial charge on any atom is 0.268 e. The zero-order valence-corrected chi connectivity index (χ0v) is 18.3. The van der Waals surface area contributed by atoms with Crippen molar-refractivity contribution < 1.29 is 18.4 Å². The fourth-order valence-corrected chi connectivity index (χ4v) is 5.91. The molecular weight excluding hydrogens is 454 g/mol. The summed E-state index contributed by atoms with van der Waals surface area (Å²) in [5.74, 6) is -1.01. The highest BCUT2D eigenvalue weighted by molar-refractivity contribution is 8.01. The van der Waals surface area contributed by atoms with E-state index in [9.17, 15) is 18.4 Å². The molecule has 0 saturated carbocycles. The Morgan fingerprint density at radius 1 is 1.06 bits per heavy atom. The van der Waals surface area contributed by atoms with Gasteiger partial charge in [-0.05, 0) is 48.5 Å². The number of hydrogen-bond acceptors (Lipinski definition) is 3. The number of thioether (sulfide) groups is 1. The van der Waals surface area contributed by atoms with Gasteiger partial charge in [-0.3, -0.25) is 9.59 Å². The van der Waals surface area contributed by atoms with Crippen LogP contribution in [0.5, 0.6) is 0 Å². The van der Waals surface area contributed by atoms with Crippen molar-refractivity contribution in [1.82, 2.24) is 4.90 Å². The highest BCUT2D eigenvalue weighted by Gasteiger charge is 2.59. The summed E-state index contributed by atoms with van der Waals surface area (Å²) in [5.41, 5.74) is 1.86. The van der Waals surface area contributed by atoms with Crippen molar-refractivity contribution in [2.45, 2.75) is 11.4 Å². The van der Waals surface area contributed by atoms with Gasteiger partial charge in [-0.1, -0.05) is 29.8 Å². The Kier molecular flexibility index (Phi) is 5.18. The Morgan fingerprint density at radius 3 is 2.56 bits per heavy atom. The third kappa shape index (κ3) is 3.19. The van der Waals surface area contributed by atoms with Crippen molar-refractivity contribution in [3.8, 4) is 0 Å². The molecule has 1 unspecified atom stereocenters. The molecule has 0 bridgehead atoms. The van der Waals surface area contributed by atoms with E-state index in [2.05, 4.69) is 0 Å². The van der Waals surface area contributed by atoms with Gasteiger partial charge in [0.2, 0.25) is 0 Å². The third-order valence-electron chi connectivity index (χ3n) is 5.78. The van der Waals surface area contributed by atoms with Gasteiger partial charge < -0.3 is 9.80 Å². The SMILES string of the molecule is O=C(c1ccc(F)cc1)N1CCSC12C(=O)N(Cc1ccccc1F)c1ccc(Cl)cc12. The van der Waals surface area contributed by atoms with E-state index >= 15 is 0 Å². The van der Waals surface area contributed by atoms with Crippen molar-refractivity contribution in [3.05, 3.63) is 100 Å². The van der Waals surface area contributed by atoms with Crippen LogP contribution in [0.15, 0.2) is 66.7 Å². The number of benzene rings is 3. The number of halogens is 3. The van der Waals surface area contributed by atoms with Crippen molar-refractivity contribution >= 4 is 40.9 Å². The molecule has 32 heavy (non-hydrogen) atoms. The molecule has 0 radical (unpaired) electrons. The van der Waals surface area contributed by atoms with E-state index in [0.717, 1.165) is 0 Å². The first-order valence-electron chi connectivity index (χ1n) is 9.99. The lowest BCUT2D eigenvalue weighted by molar-refractivity contribution is -0.123. The van der Waals surface area contributed by atoms with Gasteiger partial charge in [0.15, 0.2) is 4.87 Å². The molecule has 162 valence electrons. The molecule has 3 aromatic rings. The Hall–Kier alpha value is -2.90. The number of fused-ring (bicyclic) bond motifs is 2. The van der Waals surface area contributed by atoms with Crippen molar-refractivity contribution in [2.75, 3.05) is 17.2 Å². The van der Waals surface area contributed by atoms with Crippen LogP contribution < -0.4 is 4.90 Å². The number of carbonyl (C=O) groups is 2. The second-order valence-electron chi connectivity index (χ2n) is 7.60.